The van der Waals surface area contributed by atoms with E-state index in [2.05, 4.69) is 15.4 Å². The standard InChI is InChI=1S/C17H10FN5O3S/c18-11-7-5-10(6-8-11)14-9-27-17-20-16(21-22(14)17)19-15(24)12-3-1-2-4-13(12)23(25)26/h1-9H,(H,19,21,24). The number of hydrogen-bond donors (Lipinski definition) is 1. The highest BCUT2D eigenvalue weighted by Crippen LogP contribution is 2.26. The van der Waals surface area contributed by atoms with Gasteiger partial charge in [-0.2, -0.15) is 4.98 Å². The average Bonchev–Trinajstić information content (AvgIpc) is 3.22. The van der Waals surface area contributed by atoms with Gasteiger partial charge in [0.15, 0.2) is 0 Å². The normalized spacial score (nSPS) is 10.9. The molecule has 0 radical (unpaired) electrons. The number of anilines is 1. The van der Waals surface area contributed by atoms with Crippen molar-refractivity contribution < 1.29 is 14.1 Å². The maximum atomic E-state index is 13.1. The Morgan fingerprint density at radius 3 is 2.67 bits per heavy atom. The number of aromatic nitrogens is 3. The number of hydrogen-bond acceptors (Lipinski definition) is 6. The number of amides is 1. The third-order valence-corrected chi connectivity index (χ3v) is 4.61. The van der Waals surface area contributed by atoms with Crippen LogP contribution in [0.1, 0.15) is 10.4 Å². The molecule has 0 spiro atoms. The fourth-order valence-electron chi connectivity index (χ4n) is 2.55. The number of benzene rings is 2. The van der Waals surface area contributed by atoms with Gasteiger partial charge in [-0.05, 0) is 30.3 Å². The number of nitrogens with zero attached hydrogens (tertiary/aromatic N) is 4. The molecule has 0 unspecified atom stereocenters. The number of para-hydroxylation sites is 1. The van der Waals surface area contributed by atoms with E-state index in [0.717, 1.165) is 5.56 Å². The predicted molar refractivity (Wildman–Crippen MR) is 97.3 cm³/mol. The zero-order valence-corrected chi connectivity index (χ0v) is 14.3. The number of halogens is 1. The topological polar surface area (TPSA) is 102 Å². The van der Waals surface area contributed by atoms with Crippen LogP contribution in [0.2, 0.25) is 0 Å². The van der Waals surface area contributed by atoms with Crippen LogP contribution in [-0.2, 0) is 0 Å². The highest BCUT2D eigenvalue weighted by Gasteiger charge is 2.21. The lowest BCUT2D eigenvalue weighted by molar-refractivity contribution is -0.385. The van der Waals surface area contributed by atoms with Gasteiger partial charge in [0, 0.05) is 17.0 Å². The second kappa shape index (κ2) is 6.57. The molecule has 0 fully saturated rings. The Labute approximate surface area is 155 Å². The van der Waals surface area contributed by atoms with Gasteiger partial charge in [0.1, 0.15) is 11.4 Å². The minimum atomic E-state index is -0.677. The largest absolute Gasteiger partial charge is 0.289 e. The lowest BCUT2D eigenvalue weighted by atomic mass is 10.1. The van der Waals surface area contributed by atoms with Crippen LogP contribution in [0, 0.1) is 15.9 Å². The maximum Gasteiger partial charge on any atom is 0.282 e. The first-order valence-electron chi connectivity index (χ1n) is 7.68. The molecule has 0 bridgehead atoms. The Kier molecular flexibility index (Phi) is 4.09. The van der Waals surface area contributed by atoms with Gasteiger partial charge in [0.25, 0.3) is 17.5 Å². The van der Waals surface area contributed by atoms with Crippen molar-refractivity contribution in [2.24, 2.45) is 0 Å². The monoisotopic (exact) mass is 383 g/mol. The van der Waals surface area contributed by atoms with Crippen LogP contribution in [-0.4, -0.2) is 25.4 Å². The molecule has 1 N–H and O–H groups in total. The highest BCUT2D eigenvalue weighted by atomic mass is 32.1. The number of carbonyl (C=O) groups is 1. The maximum absolute atomic E-state index is 13.1. The first kappa shape index (κ1) is 16.8. The molecule has 0 aliphatic carbocycles. The number of carbonyl (C=O) groups excluding carboxylic acids is 1. The summed E-state index contributed by atoms with van der Waals surface area (Å²) in [4.78, 5) is 27.6. The molecule has 0 aliphatic rings. The second-order valence-electron chi connectivity index (χ2n) is 5.49. The fourth-order valence-corrected chi connectivity index (χ4v) is 3.38. The highest BCUT2D eigenvalue weighted by molar-refractivity contribution is 7.15. The van der Waals surface area contributed by atoms with Gasteiger partial charge in [-0.1, -0.05) is 12.1 Å². The Morgan fingerprint density at radius 1 is 1.19 bits per heavy atom. The van der Waals surface area contributed by atoms with Crippen LogP contribution in [0.4, 0.5) is 16.0 Å². The van der Waals surface area contributed by atoms with Crippen LogP contribution in [0.3, 0.4) is 0 Å². The van der Waals surface area contributed by atoms with E-state index in [-0.39, 0.29) is 23.0 Å². The SMILES string of the molecule is O=C(Nc1nc2scc(-c3ccc(F)cc3)n2n1)c1ccccc1[N+](=O)[O-]. The lowest BCUT2D eigenvalue weighted by Crippen LogP contribution is -2.15. The summed E-state index contributed by atoms with van der Waals surface area (Å²) in [7, 11) is 0. The molecule has 0 saturated heterocycles. The molecule has 4 aromatic rings. The van der Waals surface area contributed by atoms with Crippen LogP contribution in [0.5, 0.6) is 0 Å². The third-order valence-electron chi connectivity index (χ3n) is 3.79. The van der Waals surface area contributed by atoms with E-state index in [0.29, 0.717) is 10.7 Å². The van der Waals surface area contributed by atoms with Gasteiger partial charge >= 0.3 is 0 Å². The Morgan fingerprint density at radius 2 is 1.93 bits per heavy atom. The van der Waals surface area contributed by atoms with Crippen molar-refractivity contribution in [3.63, 3.8) is 0 Å². The molecule has 2 aromatic carbocycles. The number of fused-ring (bicyclic) bond motifs is 1. The van der Waals surface area contributed by atoms with E-state index in [1.807, 2.05) is 5.38 Å². The molecule has 10 heteroatoms. The van der Waals surface area contributed by atoms with Crippen molar-refractivity contribution in [1.29, 1.82) is 0 Å². The molecular weight excluding hydrogens is 373 g/mol. The zero-order valence-electron chi connectivity index (χ0n) is 13.5. The summed E-state index contributed by atoms with van der Waals surface area (Å²) in [5, 5.41) is 19.6. The molecule has 0 aliphatic heterocycles. The second-order valence-corrected chi connectivity index (χ2v) is 6.32. The van der Waals surface area contributed by atoms with Crippen molar-refractivity contribution in [2.45, 2.75) is 0 Å². The number of nitro benzene ring substituents is 1. The first-order chi connectivity index (χ1) is 13.0. The summed E-state index contributed by atoms with van der Waals surface area (Å²) in [6.45, 7) is 0. The third kappa shape index (κ3) is 3.13. The predicted octanol–water partition coefficient (Wildman–Crippen LogP) is 3.76. The Balaban J connectivity index is 1.65. The molecule has 134 valence electrons. The van der Waals surface area contributed by atoms with E-state index in [1.165, 1.54) is 52.3 Å². The van der Waals surface area contributed by atoms with Gasteiger partial charge in [-0.3, -0.25) is 20.2 Å². The molecule has 2 heterocycles. The van der Waals surface area contributed by atoms with Gasteiger partial charge in [-0.15, -0.1) is 16.4 Å². The van der Waals surface area contributed by atoms with Gasteiger partial charge < -0.3 is 0 Å². The Bertz CT molecular complexity index is 1170. The summed E-state index contributed by atoms with van der Waals surface area (Å²) >= 11 is 1.30. The zero-order chi connectivity index (χ0) is 19.0. The van der Waals surface area contributed by atoms with Crippen LogP contribution in [0.15, 0.2) is 53.9 Å². The minimum absolute atomic E-state index is 0.0216. The Hall–Kier alpha value is -3.66. The molecule has 4 rings (SSSR count). The van der Waals surface area contributed by atoms with Crippen molar-refractivity contribution in [3.8, 4) is 11.3 Å². The number of nitro groups is 1. The number of rotatable bonds is 4. The van der Waals surface area contributed by atoms with Crippen LogP contribution >= 0.6 is 11.3 Å². The van der Waals surface area contributed by atoms with E-state index < -0.39 is 10.8 Å². The fraction of sp³-hybridized carbons (Fsp3) is 0. The molecule has 1 amide bonds. The quantitative estimate of drug-likeness (QED) is 0.427. The molecule has 2 aromatic heterocycles. The molecule has 0 saturated carbocycles. The summed E-state index contributed by atoms with van der Waals surface area (Å²) in [6.07, 6.45) is 0. The van der Waals surface area contributed by atoms with Crippen molar-refractivity contribution >= 4 is 33.8 Å². The van der Waals surface area contributed by atoms with Crippen molar-refractivity contribution in [1.82, 2.24) is 14.6 Å². The van der Waals surface area contributed by atoms with Gasteiger partial charge in [0.05, 0.1) is 10.6 Å². The minimum Gasteiger partial charge on any atom is -0.289 e. The summed E-state index contributed by atoms with van der Waals surface area (Å²) in [5.74, 6) is -1.00. The summed E-state index contributed by atoms with van der Waals surface area (Å²) in [6, 6.07) is 11.5. The van der Waals surface area contributed by atoms with Crippen molar-refractivity contribution in [2.75, 3.05) is 5.32 Å². The molecule has 27 heavy (non-hydrogen) atoms. The van der Waals surface area contributed by atoms with Crippen LogP contribution in [0.25, 0.3) is 16.2 Å². The number of nitrogens with one attached hydrogen (secondary N) is 1. The van der Waals surface area contributed by atoms with E-state index in [4.69, 9.17) is 0 Å². The average molecular weight is 383 g/mol. The lowest BCUT2D eigenvalue weighted by Gasteiger charge is -2.02. The van der Waals surface area contributed by atoms with E-state index in [9.17, 15) is 19.3 Å². The first-order valence-corrected chi connectivity index (χ1v) is 8.56. The van der Waals surface area contributed by atoms with E-state index >= 15 is 0 Å². The van der Waals surface area contributed by atoms with E-state index in [1.54, 1.807) is 12.1 Å². The molecule has 8 nitrogen and oxygen atoms in total. The smallest absolute Gasteiger partial charge is 0.282 e. The van der Waals surface area contributed by atoms with Crippen LogP contribution < -0.4 is 5.32 Å². The van der Waals surface area contributed by atoms with Crippen molar-refractivity contribution in [3.05, 3.63) is 75.4 Å². The molecular formula is C17H10FN5O3S. The van der Waals surface area contributed by atoms with Gasteiger partial charge in [0.2, 0.25) is 4.96 Å². The summed E-state index contributed by atoms with van der Waals surface area (Å²) < 4.78 is 14.6. The number of thiazole rings is 1. The molecule has 0 atom stereocenters. The van der Waals surface area contributed by atoms with Gasteiger partial charge in [-0.25, -0.2) is 8.91 Å². The summed E-state index contributed by atoms with van der Waals surface area (Å²) in [5.41, 5.74) is 1.04.